The van der Waals surface area contributed by atoms with Crippen LogP contribution in [0.15, 0.2) is 0 Å². The third-order valence-corrected chi connectivity index (χ3v) is 3.78. The highest BCUT2D eigenvalue weighted by molar-refractivity contribution is 14.1. The maximum absolute atomic E-state index is 12.9. The Morgan fingerprint density at radius 3 is 2.42 bits per heavy atom. The molecule has 0 fully saturated rings. The summed E-state index contributed by atoms with van der Waals surface area (Å²) in [6.45, 7) is -0.699. The molecule has 0 rings (SSSR count). The van der Waals surface area contributed by atoms with Gasteiger partial charge in [-0.1, -0.05) is 22.6 Å². The van der Waals surface area contributed by atoms with E-state index < -0.39 is 40.5 Å². The van der Waals surface area contributed by atoms with Gasteiger partial charge in [-0.05, 0) is 17.3 Å². The van der Waals surface area contributed by atoms with Crippen LogP contribution in [0.5, 0.6) is 0 Å². The molecule has 0 aromatic heterocycles. The van der Waals surface area contributed by atoms with Crippen molar-refractivity contribution >= 4 is 38.7 Å². The van der Waals surface area contributed by atoms with E-state index in [2.05, 4.69) is 27.3 Å². The number of halogens is 4. The predicted molar refractivity (Wildman–Crippen MR) is 67.9 cm³/mol. The Morgan fingerprint density at radius 1 is 1.37 bits per heavy atom. The van der Waals surface area contributed by atoms with E-state index in [4.69, 9.17) is 0 Å². The lowest BCUT2D eigenvalue weighted by Crippen LogP contribution is -2.39. The van der Waals surface area contributed by atoms with E-state index in [9.17, 15) is 30.9 Å². The van der Waals surface area contributed by atoms with Gasteiger partial charge in [0.25, 0.3) is 0 Å². The highest BCUT2D eigenvalue weighted by Crippen LogP contribution is 2.29. The highest BCUT2D eigenvalue weighted by atomic mass is 127. The lowest BCUT2D eigenvalue weighted by atomic mass is 10.2. The molecule has 0 bridgehead atoms. The van der Waals surface area contributed by atoms with Crippen LogP contribution in [0, 0.1) is 0 Å². The molecular weight excluding hydrogens is 404 g/mol. The van der Waals surface area contributed by atoms with Crippen LogP contribution >= 0.6 is 22.6 Å². The van der Waals surface area contributed by atoms with Crippen LogP contribution in [0.2, 0.25) is 0 Å². The molecule has 0 aliphatic rings. The van der Waals surface area contributed by atoms with Crippen molar-refractivity contribution in [2.45, 2.75) is 37.1 Å². The van der Waals surface area contributed by atoms with E-state index in [0.717, 1.165) is 10.8 Å². The van der Waals surface area contributed by atoms with Crippen molar-refractivity contribution in [1.82, 2.24) is 0 Å². The van der Waals surface area contributed by atoms with E-state index in [1.54, 1.807) is 0 Å². The summed E-state index contributed by atoms with van der Waals surface area (Å²) in [6, 6.07) is 0. The monoisotopic (exact) mass is 417 g/mol. The Morgan fingerprint density at radius 2 is 1.95 bits per heavy atom. The molecule has 0 aliphatic heterocycles. The van der Waals surface area contributed by atoms with E-state index in [-0.39, 0.29) is 6.42 Å². The van der Waals surface area contributed by atoms with Gasteiger partial charge in [0.2, 0.25) is 0 Å². The number of esters is 1. The summed E-state index contributed by atoms with van der Waals surface area (Å²) < 4.78 is 73.9. The van der Waals surface area contributed by atoms with Gasteiger partial charge in [0.1, 0.15) is 0 Å². The summed E-state index contributed by atoms with van der Waals surface area (Å²) in [7, 11) is -6.07. The van der Waals surface area contributed by atoms with Crippen molar-refractivity contribution in [3.8, 4) is 0 Å². The molecule has 5 nitrogen and oxygen atoms in total. The lowest BCUT2D eigenvalue weighted by Gasteiger charge is -2.23. The maximum atomic E-state index is 12.9. The van der Waals surface area contributed by atoms with Crippen LogP contribution in [0.25, 0.3) is 0 Å². The molecule has 19 heavy (non-hydrogen) atoms. The van der Waals surface area contributed by atoms with Gasteiger partial charge in [-0.25, -0.2) is 12.8 Å². The van der Waals surface area contributed by atoms with Gasteiger partial charge in [-0.2, -0.15) is 8.78 Å². The first-order valence-corrected chi connectivity index (χ1v) is 8.25. The average Bonchev–Trinajstić information content (AvgIpc) is 2.27. The molecule has 114 valence electrons. The topological polar surface area (TPSA) is 83.5 Å². The zero-order chi connectivity index (χ0) is 15.1. The van der Waals surface area contributed by atoms with Crippen LogP contribution in [0.3, 0.4) is 0 Å². The number of rotatable bonds is 9. The molecule has 0 amide bonds. The third kappa shape index (κ3) is 6.75. The van der Waals surface area contributed by atoms with E-state index in [1.165, 1.54) is 0 Å². The molecule has 0 aliphatic carbocycles. The number of carbonyl (C=O) groups excluding carboxylic acids is 1. The predicted octanol–water partition coefficient (Wildman–Crippen LogP) is 2.00. The zero-order valence-corrected chi connectivity index (χ0v) is 12.8. The molecule has 0 radical (unpaired) electrons. The van der Waals surface area contributed by atoms with Crippen LogP contribution in [0.4, 0.5) is 13.2 Å². The quantitative estimate of drug-likeness (QED) is 0.189. The first-order chi connectivity index (χ1) is 8.63. The minimum Gasteiger partial charge on any atom is -0.743 e. The summed E-state index contributed by atoms with van der Waals surface area (Å²) in [5, 5.41) is -5.01. The van der Waals surface area contributed by atoms with Gasteiger partial charge in [0.05, 0.1) is 6.61 Å². The minimum atomic E-state index is -6.07. The first-order valence-electron chi connectivity index (χ1n) is 5.31. The van der Waals surface area contributed by atoms with Gasteiger partial charge < -0.3 is 9.29 Å². The fourth-order valence-corrected chi connectivity index (χ4v) is 2.01. The van der Waals surface area contributed by atoms with Crippen molar-refractivity contribution in [1.29, 1.82) is 0 Å². The van der Waals surface area contributed by atoms with Gasteiger partial charge in [-0.15, -0.1) is 0 Å². The minimum absolute atomic E-state index is 0.0796. The number of hydrogen-bond donors (Lipinski definition) is 0. The molecule has 0 heterocycles. The molecule has 10 heteroatoms. The lowest BCUT2D eigenvalue weighted by molar-refractivity contribution is -0.144. The molecule has 0 aromatic rings. The van der Waals surface area contributed by atoms with Crippen molar-refractivity contribution in [3.05, 3.63) is 0 Å². The van der Waals surface area contributed by atoms with E-state index >= 15 is 0 Å². The van der Waals surface area contributed by atoms with Crippen molar-refractivity contribution < 1.29 is 35.7 Å². The van der Waals surface area contributed by atoms with Gasteiger partial charge in [0.15, 0.2) is 16.3 Å². The van der Waals surface area contributed by atoms with Crippen LogP contribution in [0.1, 0.15) is 25.7 Å². The van der Waals surface area contributed by atoms with Crippen LogP contribution in [-0.4, -0.2) is 41.4 Å². The SMILES string of the molecule is O=C(CCCCI)OCCC(F)C(F)(F)S(=O)(=O)[O-]. The third-order valence-electron chi connectivity index (χ3n) is 2.10. The second-order valence-electron chi connectivity index (χ2n) is 3.64. The molecule has 0 N–H and O–H groups in total. The summed E-state index contributed by atoms with van der Waals surface area (Å²) in [5.74, 6) is -0.676. The number of unbranched alkanes of at least 4 members (excludes halogenated alkanes) is 1. The summed E-state index contributed by atoms with van der Waals surface area (Å²) in [5.41, 5.74) is 0. The Balaban J connectivity index is 4.05. The van der Waals surface area contributed by atoms with E-state index in [0.29, 0.717) is 6.42 Å². The highest BCUT2D eigenvalue weighted by Gasteiger charge is 2.47. The normalized spacial score (nSPS) is 14.2. The Kier molecular flexibility index (Phi) is 8.20. The number of carbonyl (C=O) groups is 1. The van der Waals surface area contributed by atoms with E-state index in [1.807, 2.05) is 0 Å². The van der Waals surface area contributed by atoms with Crippen molar-refractivity contribution in [2.75, 3.05) is 11.0 Å². The largest absolute Gasteiger partial charge is 0.743 e. The molecular formula is C9H13F3IO5S-. The number of alkyl halides is 4. The molecule has 0 saturated carbocycles. The first kappa shape index (κ1) is 18.9. The molecule has 0 saturated heterocycles. The van der Waals surface area contributed by atoms with Gasteiger partial charge in [0, 0.05) is 12.8 Å². The average molecular weight is 417 g/mol. The maximum Gasteiger partial charge on any atom is 0.364 e. The molecule has 0 aromatic carbocycles. The summed E-state index contributed by atoms with van der Waals surface area (Å²) in [6.07, 6.45) is -2.82. The molecule has 0 spiro atoms. The second-order valence-corrected chi connectivity index (χ2v) is 6.17. The Hall–Kier alpha value is -0.100. The smallest absolute Gasteiger partial charge is 0.364 e. The van der Waals surface area contributed by atoms with Gasteiger partial charge >= 0.3 is 11.2 Å². The number of ether oxygens (including phenoxy) is 1. The summed E-state index contributed by atoms with van der Waals surface area (Å²) >= 11 is 2.12. The second kappa shape index (κ2) is 8.25. The summed E-state index contributed by atoms with van der Waals surface area (Å²) in [4.78, 5) is 11.0. The van der Waals surface area contributed by atoms with Gasteiger partial charge in [-0.3, -0.25) is 4.79 Å². The Bertz CT molecular complexity index is 387. The standard InChI is InChI=1S/C9H14F3IO5S/c10-7(9(11,12)19(15,16)17)4-6-18-8(14)3-1-2-5-13/h7H,1-6H2,(H,15,16,17)/p-1. The number of hydrogen-bond acceptors (Lipinski definition) is 5. The van der Waals surface area contributed by atoms with Crippen LogP contribution in [-0.2, 0) is 19.6 Å². The zero-order valence-electron chi connectivity index (χ0n) is 9.78. The van der Waals surface area contributed by atoms with Crippen molar-refractivity contribution in [3.63, 3.8) is 0 Å². The fraction of sp³-hybridized carbons (Fsp3) is 0.889. The van der Waals surface area contributed by atoms with Crippen molar-refractivity contribution in [2.24, 2.45) is 0 Å². The van der Waals surface area contributed by atoms with Crippen LogP contribution < -0.4 is 0 Å². The Labute approximate surface area is 122 Å². The molecule has 1 unspecified atom stereocenters. The fourth-order valence-electron chi connectivity index (χ4n) is 1.04. The molecule has 1 atom stereocenters.